The molecule has 4 rings (SSSR count). The van der Waals surface area contributed by atoms with Gasteiger partial charge in [-0.2, -0.15) is 9.78 Å². The minimum absolute atomic E-state index is 0.0267. The molecule has 0 bridgehead atoms. The van der Waals surface area contributed by atoms with Crippen molar-refractivity contribution in [2.24, 2.45) is 5.10 Å². The van der Waals surface area contributed by atoms with Crippen molar-refractivity contribution >= 4 is 28.8 Å². The maximum Gasteiger partial charge on any atom is 0.343 e. The standard InChI is InChI=1S/C31H32N4O8/c1-7-42-27-14-20(13-25(35(38)39)29(27)43-17-28(36)41-6)16-32-34-30(33-24-11-9-8-10-21(24)31(34)37)23-15-22(18(2)3)26(40-5)12-19(23)4/h8-16,18H,7,17H2,1-6H3. The van der Waals surface area contributed by atoms with Gasteiger partial charge in [-0.15, -0.1) is 0 Å². The summed E-state index contributed by atoms with van der Waals surface area (Å²) in [5.41, 5.74) is 2.30. The Bertz CT molecular complexity index is 1780. The average Bonchev–Trinajstić information content (AvgIpc) is 2.99. The van der Waals surface area contributed by atoms with Gasteiger partial charge in [-0.25, -0.2) is 9.78 Å². The maximum absolute atomic E-state index is 13.8. The molecule has 1 heterocycles. The summed E-state index contributed by atoms with van der Waals surface area (Å²) in [5.74, 6) is 0.219. The summed E-state index contributed by atoms with van der Waals surface area (Å²) >= 11 is 0. The summed E-state index contributed by atoms with van der Waals surface area (Å²) in [5, 5.41) is 16.8. The molecule has 3 aromatic carbocycles. The molecule has 0 fully saturated rings. The second-order valence-electron chi connectivity index (χ2n) is 9.80. The Hall–Kier alpha value is -5.26. The van der Waals surface area contributed by atoms with E-state index >= 15 is 0 Å². The number of benzene rings is 3. The smallest absolute Gasteiger partial charge is 0.343 e. The quantitative estimate of drug-likeness (QED) is 0.0993. The first kappa shape index (κ1) is 30.7. The fourth-order valence-corrected chi connectivity index (χ4v) is 4.51. The maximum atomic E-state index is 13.8. The zero-order chi connectivity index (χ0) is 31.3. The molecule has 0 spiro atoms. The zero-order valence-corrected chi connectivity index (χ0v) is 24.7. The highest BCUT2D eigenvalue weighted by Crippen LogP contribution is 2.38. The molecular formula is C31H32N4O8. The Labute approximate surface area is 247 Å². The third-order valence-electron chi connectivity index (χ3n) is 6.63. The van der Waals surface area contributed by atoms with Gasteiger partial charge in [0.25, 0.3) is 5.56 Å². The number of carbonyl (C=O) groups excluding carboxylic acids is 1. The lowest BCUT2D eigenvalue weighted by Crippen LogP contribution is -2.21. The number of ether oxygens (including phenoxy) is 4. The van der Waals surface area contributed by atoms with Gasteiger partial charge in [0.2, 0.25) is 5.75 Å². The molecule has 0 aliphatic heterocycles. The average molecular weight is 589 g/mol. The molecule has 224 valence electrons. The Morgan fingerprint density at radius 2 is 1.86 bits per heavy atom. The zero-order valence-electron chi connectivity index (χ0n) is 24.7. The lowest BCUT2D eigenvalue weighted by atomic mass is 9.96. The van der Waals surface area contributed by atoms with E-state index in [1.165, 1.54) is 30.1 Å². The molecule has 0 radical (unpaired) electrons. The van der Waals surface area contributed by atoms with Crippen molar-refractivity contribution in [3.05, 3.63) is 85.7 Å². The molecule has 12 nitrogen and oxygen atoms in total. The number of fused-ring (bicyclic) bond motifs is 1. The van der Waals surface area contributed by atoms with Gasteiger partial charge in [-0.05, 0) is 61.2 Å². The predicted octanol–water partition coefficient (Wildman–Crippen LogP) is 5.24. The third-order valence-corrected chi connectivity index (χ3v) is 6.63. The predicted molar refractivity (Wildman–Crippen MR) is 162 cm³/mol. The summed E-state index contributed by atoms with van der Waals surface area (Å²) < 4.78 is 22.3. The van der Waals surface area contributed by atoms with E-state index in [1.54, 1.807) is 38.3 Å². The number of nitro groups is 1. The van der Waals surface area contributed by atoms with Gasteiger partial charge >= 0.3 is 11.7 Å². The van der Waals surface area contributed by atoms with Gasteiger partial charge in [-0.1, -0.05) is 26.0 Å². The van der Waals surface area contributed by atoms with Crippen LogP contribution >= 0.6 is 0 Å². The number of aromatic nitrogens is 2. The number of nitro benzene ring substituents is 1. The Balaban J connectivity index is 1.93. The second-order valence-corrected chi connectivity index (χ2v) is 9.80. The Morgan fingerprint density at radius 3 is 2.51 bits per heavy atom. The van der Waals surface area contributed by atoms with Crippen LogP contribution in [0.3, 0.4) is 0 Å². The van der Waals surface area contributed by atoms with Crippen LogP contribution in [0.1, 0.15) is 43.4 Å². The summed E-state index contributed by atoms with van der Waals surface area (Å²) in [7, 11) is 2.79. The van der Waals surface area contributed by atoms with Gasteiger partial charge in [0.05, 0.1) is 42.9 Å². The highest BCUT2D eigenvalue weighted by molar-refractivity contribution is 5.85. The third kappa shape index (κ3) is 6.48. The molecule has 0 aliphatic carbocycles. The molecule has 12 heteroatoms. The minimum atomic E-state index is -0.715. The van der Waals surface area contributed by atoms with Crippen LogP contribution in [0, 0.1) is 17.0 Å². The fourth-order valence-electron chi connectivity index (χ4n) is 4.51. The molecule has 0 aliphatic rings. The van der Waals surface area contributed by atoms with Gasteiger partial charge in [0.15, 0.2) is 18.2 Å². The molecule has 0 N–H and O–H groups in total. The molecule has 0 atom stereocenters. The van der Waals surface area contributed by atoms with Crippen molar-refractivity contribution in [2.45, 2.75) is 33.6 Å². The number of methoxy groups -OCH3 is 2. The first-order valence-corrected chi connectivity index (χ1v) is 13.5. The second kappa shape index (κ2) is 13.1. The Kier molecular flexibility index (Phi) is 9.39. The number of rotatable bonds is 11. The van der Waals surface area contributed by atoms with E-state index in [2.05, 4.69) is 9.84 Å². The fraction of sp³-hybridized carbons (Fsp3) is 0.290. The highest BCUT2D eigenvalue weighted by Gasteiger charge is 2.24. The lowest BCUT2D eigenvalue weighted by Gasteiger charge is -2.17. The normalized spacial score (nSPS) is 11.2. The van der Waals surface area contributed by atoms with Crippen LogP contribution in [0.25, 0.3) is 22.3 Å². The van der Waals surface area contributed by atoms with E-state index in [1.807, 2.05) is 32.9 Å². The summed E-state index contributed by atoms with van der Waals surface area (Å²) in [4.78, 5) is 41.5. The van der Waals surface area contributed by atoms with Crippen molar-refractivity contribution < 1.29 is 28.7 Å². The SMILES string of the molecule is CCOc1cc(C=Nn2c(-c3cc(C(C)C)c(OC)cc3C)nc3ccccc3c2=O)cc([N+](=O)[O-])c1OCC(=O)OC. The van der Waals surface area contributed by atoms with Crippen LogP contribution in [-0.4, -0.2) is 54.2 Å². The highest BCUT2D eigenvalue weighted by atomic mass is 16.6. The molecule has 1 aromatic heterocycles. The minimum Gasteiger partial charge on any atom is -0.496 e. The Morgan fingerprint density at radius 1 is 1.12 bits per heavy atom. The number of para-hydroxylation sites is 1. The van der Waals surface area contributed by atoms with Crippen LogP contribution in [0.15, 0.2) is 58.4 Å². The van der Waals surface area contributed by atoms with Gasteiger partial charge in [0, 0.05) is 17.2 Å². The van der Waals surface area contributed by atoms with E-state index in [4.69, 9.17) is 19.2 Å². The van der Waals surface area contributed by atoms with Crippen molar-refractivity contribution in [1.29, 1.82) is 0 Å². The molecule has 0 unspecified atom stereocenters. The van der Waals surface area contributed by atoms with Crippen molar-refractivity contribution in [3.63, 3.8) is 0 Å². The lowest BCUT2D eigenvalue weighted by molar-refractivity contribution is -0.385. The molecule has 43 heavy (non-hydrogen) atoms. The van der Waals surface area contributed by atoms with E-state index < -0.39 is 28.7 Å². The van der Waals surface area contributed by atoms with Crippen LogP contribution in [0.5, 0.6) is 17.2 Å². The summed E-state index contributed by atoms with van der Waals surface area (Å²) in [6.07, 6.45) is 1.31. The van der Waals surface area contributed by atoms with E-state index in [0.29, 0.717) is 22.3 Å². The number of nitrogens with zero attached hydrogens (tertiary/aromatic N) is 4. The van der Waals surface area contributed by atoms with Crippen molar-refractivity contribution in [2.75, 3.05) is 27.4 Å². The molecule has 4 aromatic rings. The number of carbonyl (C=O) groups is 1. The largest absolute Gasteiger partial charge is 0.496 e. The first-order valence-electron chi connectivity index (χ1n) is 13.5. The number of esters is 1. The summed E-state index contributed by atoms with van der Waals surface area (Å²) in [6, 6.07) is 13.5. The molecule has 0 saturated carbocycles. The molecule has 0 saturated heterocycles. The van der Waals surface area contributed by atoms with Crippen LogP contribution in [0.4, 0.5) is 5.69 Å². The van der Waals surface area contributed by atoms with Crippen molar-refractivity contribution in [1.82, 2.24) is 9.66 Å². The van der Waals surface area contributed by atoms with Gasteiger partial charge < -0.3 is 18.9 Å². The van der Waals surface area contributed by atoms with E-state index in [-0.39, 0.29) is 29.6 Å². The van der Waals surface area contributed by atoms with Crippen LogP contribution < -0.4 is 19.8 Å². The van der Waals surface area contributed by atoms with Gasteiger partial charge in [0.1, 0.15) is 5.75 Å². The topological polar surface area (TPSA) is 144 Å². The first-order chi connectivity index (χ1) is 20.6. The molecular weight excluding hydrogens is 556 g/mol. The van der Waals surface area contributed by atoms with E-state index in [9.17, 15) is 19.7 Å². The number of aryl methyl sites for hydroxylation is 1. The summed E-state index contributed by atoms with van der Waals surface area (Å²) in [6.45, 7) is 7.29. The van der Waals surface area contributed by atoms with Crippen LogP contribution in [0.2, 0.25) is 0 Å². The van der Waals surface area contributed by atoms with Gasteiger partial charge in [-0.3, -0.25) is 14.9 Å². The van der Waals surface area contributed by atoms with Crippen LogP contribution in [-0.2, 0) is 9.53 Å². The monoisotopic (exact) mass is 588 g/mol. The van der Waals surface area contributed by atoms with E-state index in [0.717, 1.165) is 16.9 Å². The van der Waals surface area contributed by atoms with Crippen molar-refractivity contribution in [3.8, 4) is 28.6 Å². The number of hydrogen-bond donors (Lipinski definition) is 0. The number of hydrogen-bond acceptors (Lipinski definition) is 10. The molecule has 0 amide bonds.